The number of nitrogens with zero attached hydrogens (tertiary/aromatic N) is 1. The third-order valence-electron chi connectivity index (χ3n) is 2.99. The van der Waals surface area contributed by atoms with Crippen molar-refractivity contribution in [3.8, 4) is 0 Å². The summed E-state index contributed by atoms with van der Waals surface area (Å²) in [4.78, 5) is 4.31. The number of benzene rings is 1. The lowest BCUT2D eigenvalue weighted by Crippen LogP contribution is -2.38. The van der Waals surface area contributed by atoms with E-state index in [1.54, 1.807) is 30.5 Å². The van der Waals surface area contributed by atoms with Crippen molar-refractivity contribution in [1.29, 1.82) is 0 Å². The van der Waals surface area contributed by atoms with E-state index in [0.29, 0.717) is 17.0 Å². The topological polar surface area (TPSA) is 63.5 Å². The molecule has 0 saturated heterocycles. The maximum absolute atomic E-state index is 13.7. The zero-order valence-corrected chi connectivity index (χ0v) is 11.0. The highest BCUT2D eigenvalue weighted by atomic mass is 35.5. The Hall–Kier alpha value is -2.01. The molecule has 0 spiro atoms. The van der Waals surface area contributed by atoms with Gasteiger partial charge in [0.05, 0.1) is 17.5 Å². The van der Waals surface area contributed by atoms with Gasteiger partial charge in [-0.3, -0.25) is 0 Å². The van der Waals surface area contributed by atoms with Gasteiger partial charge in [-0.2, -0.15) is 0 Å². The van der Waals surface area contributed by atoms with E-state index in [4.69, 9.17) is 10.2 Å². The van der Waals surface area contributed by atoms with E-state index in [9.17, 15) is 4.39 Å². The Bertz CT molecular complexity index is 627. The average Bonchev–Trinajstić information content (AvgIpc) is 2.82. The number of nitrogens with one attached hydrogen (secondary N) is 1. The smallest absolute Gasteiger partial charge is 0.187 e. The number of furan rings is 1. The van der Waals surface area contributed by atoms with E-state index >= 15 is 0 Å². The molecule has 0 amide bonds. The summed E-state index contributed by atoms with van der Waals surface area (Å²) in [5, 5.41) is 3.15. The summed E-state index contributed by atoms with van der Waals surface area (Å²) in [5.41, 5.74) is 5.97. The second-order valence-corrected chi connectivity index (χ2v) is 4.33. The first-order valence-corrected chi connectivity index (χ1v) is 5.56. The number of anilines is 1. The highest BCUT2D eigenvalue weighted by Crippen LogP contribution is 2.34. The first-order valence-electron chi connectivity index (χ1n) is 5.56. The average molecular weight is 282 g/mol. The fourth-order valence-electron chi connectivity index (χ4n) is 2.15. The molecular weight excluding hydrogens is 269 g/mol. The molecule has 0 saturated carbocycles. The van der Waals surface area contributed by atoms with Crippen molar-refractivity contribution in [2.24, 2.45) is 10.7 Å². The van der Waals surface area contributed by atoms with Gasteiger partial charge in [0.2, 0.25) is 0 Å². The van der Waals surface area contributed by atoms with Gasteiger partial charge in [0.1, 0.15) is 11.7 Å². The molecule has 3 rings (SSSR count). The number of hydrogen-bond acceptors (Lipinski definition) is 4. The summed E-state index contributed by atoms with van der Waals surface area (Å²) in [6, 6.07) is 8.32. The molecule has 0 fully saturated rings. The summed E-state index contributed by atoms with van der Waals surface area (Å²) in [7, 11) is 0. The standard InChI is InChI=1S/C13H12FN3O.ClH/c1-13(10-6-3-7-18-10)16-9-5-2-4-8(14)11(9)12(15)17-13;/h2-7,16H,1H3,(H2,15,17);1H. The summed E-state index contributed by atoms with van der Waals surface area (Å²) in [6.07, 6.45) is 1.56. The number of amidine groups is 1. The molecule has 0 aliphatic carbocycles. The maximum Gasteiger partial charge on any atom is 0.187 e. The van der Waals surface area contributed by atoms with Gasteiger partial charge in [-0.05, 0) is 31.2 Å². The summed E-state index contributed by atoms with van der Waals surface area (Å²) >= 11 is 0. The molecule has 3 N–H and O–H groups in total. The quantitative estimate of drug-likeness (QED) is 0.845. The first-order chi connectivity index (χ1) is 8.60. The Kier molecular flexibility index (Phi) is 3.24. The number of rotatable bonds is 1. The zero-order valence-electron chi connectivity index (χ0n) is 10.2. The lowest BCUT2D eigenvalue weighted by molar-refractivity contribution is 0.403. The highest BCUT2D eigenvalue weighted by Gasteiger charge is 2.34. The third-order valence-corrected chi connectivity index (χ3v) is 2.99. The Labute approximate surface area is 115 Å². The van der Waals surface area contributed by atoms with Crippen molar-refractivity contribution in [3.05, 3.63) is 53.7 Å². The molecule has 2 heterocycles. The van der Waals surface area contributed by atoms with Crippen LogP contribution in [0, 0.1) is 5.82 Å². The van der Waals surface area contributed by atoms with E-state index in [-0.39, 0.29) is 24.1 Å². The highest BCUT2D eigenvalue weighted by molar-refractivity contribution is 6.04. The molecule has 4 nitrogen and oxygen atoms in total. The Morgan fingerprint density at radius 3 is 2.79 bits per heavy atom. The van der Waals surface area contributed by atoms with Crippen molar-refractivity contribution in [1.82, 2.24) is 0 Å². The van der Waals surface area contributed by atoms with Crippen molar-refractivity contribution >= 4 is 23.9 Å². The van der Waals surface area contributed by atoms with Crippen molar-refractivity contribution in [2.45, 2.75) is 12.6 Å². The fourth-order valence-corrected chi connectivity index (χ4v) is 2.15. The molecule has 1 aliphatic heterocycles. The van der Waals surface area contributed by atoms with Crippen molar-refractivity contribution in [3.63, 3.8) is 0 Å². The van der Waals surface area contributed by atoms with Gasteiger partial charge in [0.25, 0.3) is 0 Å². The van der Waals surface area contributed by atoms with Crippen molar-refractivity contribution in [2.75, 3.05) is 5.32 Å². The molecular formula is C13H13ClFN3O. The van der Waals surface area contributed by atoms with E-state index < -0.39 is 5.66 Å². The minimum Gasteiger partial charge on any atom is -0.465 e. The zero-order chi connectivity index (χ0) is 12.8. The first kappa shape index (κ1) is 13.4. The van der Waals surface area contributed by atoms with Gasteiger partial charge in [0, 0.05) is 0 Å². The number of nitrogens with two attached hydrogens (primary N) is 1. The molecule has 100 valence electrons. The van der Waals surface area contributed by atoms with Gasteiger partial charge in [-0.1, -0.05) is 6.07 Å². The lowest BCUT2D eigenvalue weighted by atomic mass is 10.0. The van der Waals surface area contributed by atoms with Crippen LogP contribution in [0.2, 0.25) is 0 Å². The monoisotopic (exact) mass is 281 g/mol. The SMILES string of the molecule is CC1(c2ccco2)N=C(N)c2c(F)cccc2N1.Cl. The fraction of sp³-hybridized carbons (Fsp3) is 0.154. The second-order valence-electron chi connectivity index (χ2n) is 4.33. The van der Waals surface area contributed by atoms with Crippen LogP contribution < -0.4 is 11.1 Å². The Balaban J connectivity index is 0.00000133. The van der Waals surface area contributed by atoms with Gasteiger partial charge >= 0.3 is 0 Å². The summed E-state index contributed by atoms with van der Waals surface area (Å²) < 4.78 is 19.0. The summed E-state index contributed by atoms with van der Waals surface area (Å²) in [5.74, 6) is 0.406. The largest absolute Gasteiger partial charge is 0.465 e. The molecule has 1 aromatic heterocycles. The second kappa shape index (κ2) is 4.59. The van der Waals surface area contributed by atoms with Crippen LogP contribution in [0.4, 0.5) is 10.1 Å². The molecule has 0 radical (unpaired) electrons. The molecule has 2 aromatic rings. The van der Waals surface area contributed by atoms with Crippen LogP contribution in [0.15, 0.2) is 46.0 Å². The Morgan fingerprint density at radius 1 is 1.32 bits per heavy atom. The molecule has 0 bridgehead atoms. The Morgan fingerprint density at radius 2 is 2.11 bits per heavy atom. The molecule has 6 heteroatoms. The normalized spacial score (nSPS) is 20.8. The lowest BCUT2D eigenvalue weighted by Gasteiger charge is -2.31. The number of halogens is 2. The summed E-state index contributed by atoms with van der Waals surface area (Å²) in [6.45, 7) is 1.83. The molecule has 1 aromatic carbocycles. The third kappa shape index (κ3) is 2.06. The number of aliphatic imine (C=N–C) groups is 1. The van der Waals surface area contributed by atoms with Gasteiger partial charge in [0.15, 0.2) is 11.4 Å². The predicted octanol–water partition coefficient (Wildman–Crippen LogP) is 2.84. The molecule has 19 heavy (non-hydrogen) atoms. The molecule has 1 atom stereocenters. The van der Waals surface area contributed by atoms with Crippen LogP contribution in [0.1, 0.15) is 18.2 Å². The van der Waals surface area contributed by atoms with E-state index in [2.05, 4.69) is 10.3 Å². The maximum atomic E-state index is 13.7. The number of fused-ring (bicyclic) bond motifs is 1. The van der Waals surface area contributed by atoms with E-state index in [0.717, 1.165) is 0 Å². The van der Waals surface area contributed by atoms with E-state index in [1.807, 2.05) is 6.92 Å². The van der Waals surface area contributed by atoms with Crippen LogP contribution in [-0.2, 0) is 5.66 Å². The van der Waals surface area contributed by atoms with Gasteiger partial charge in [-0.15, -0.1) is 12.4 Å². The van der Waals surface area contributed by atoms with Crippen LogP contribution in [0.3, 0.4) is 0 Å². The van der Waals surface area contributed by atoms with E-state index in [1.165, 1.54) is 6.07 Å². The van der Waals surface area contributed by atoms with Gasteiger partial charge < -0.3 is 15.5 Å². The minimum atomic E-state index is -0.811. The van der Waals surface area contributed by atoms with Crippen LogP contribution in [0.5, 0.6) is 0 Å². The van der Waals surface area contributed by atoms with Crippen LogP contribution in [-0.4, -0.2) is 5.84 Å². The van der Waals surface area contributed by atoms with Crippen LogP contribution in [0.25, 0.3) is 0 Å². The van der Waals surface area contributed by atoms with Crippen molar-refractivity contribution < 1.29 is 8.81 Å². The van der Waals surface area contributed by atoms with Gasteiger partial charge in [-0.25, -0.2) is 9.38 Å². The molecule has 1 aliphatic rings. The van der Waals surface area contributed by atoms with Crippen LogP contribution >= 0.6 is 12.4 Å². The molecule has 1 unspecified atom stereocenters. The number of hydrogen-bond donors (Lipinski definition) is 2. The minimum absolute atomic E-state index is 0. The predicted molar refractivity (Wildman–Crippen MR) is 74.1 cm³/mol.